The number of ether oxygens (including phenoxy) is 1. The molecule has 3 aromatic heterocycles. The van der Waals surface area contributed by atoms with Gasteiger partial charge in [0.05, 0.1) is 17.3 Å². The van der Waals surface area contributed by atoms with Crippen LogP contribution in [0.15, 0.2) is 36.8 Å². The maximum atomic E-state index is 14.8. The number of hydrogen-bond acceptors (Lipinski definition) is 4. The largest absolute Gasteiger partial charge is 0.493 e. The Labute approximate surface area is 196 Å². The fourth-order valence-electron chi connectivity index (χ4n) is 5.06. The molecule has 4 heterocycles. The first-order chi connectivity index (χ1) is 15.1. The lowest BCUT2D eigenvalue weighted by atomic mass is 9.90. The third-order valence-corrected chi connectivity index (χ3v) is 7.08. The van der Waals surface area contributed by atoms with Crippen molar-refractivity contribution in [3.05, 3.63) is 75.7 Å². The molecule has 1 aromatic carbocycles. The highest BCUT2D eigenvalue weighted by Gasteiger charge is 2.31. The zero-order chi connectivity index (χ0) is 21.1. The van der Waals surface area contributed by atoms with E-state index in [1.54, 1.807) is 18.6 Å². The Morgan fingerprint density at radius 2 is 2.03 bits per heavy atom. The van der Waals surface area contributed by atoms with Crippen LogP contribution in [0.1, 0.15) is 40.4 Å². The molecule has 32 heavy (non-hydrogen) atoms. The van der Waals surface area contributed by atoms with E-state index in [0.717, 1.165) is 57.9 Å². The van der Waals surface area contributed by atoms with E-state index in [2.05, 4.69) is 21.2 Å². The third kappa shape index (κ3) is 3.16. The van der Waals surface area contributed by atoms with Gasteiger partial charge in [-0.2, -0.15) is 0 Å². The Kier molecular flexibility index (Phi) is 5.30. The van der Waals surface area contributed by atoms with E-state index in [4.69, 9.17) is 16.3 Å². The van der Waals surface area contributed by atoms with Crippen LogP contribution in [0.5, 0.6) is 5.75 Å². The van der Waals surface area contributed by atoms with Crippen molar-refractivity contribution in [3.8, 4) is 16.9 Å². The molecular weight excluding hydrogens is 450 g/mol. The van der Waals surface area contributed by atoms with Crippen LogP contribution >= 0.6 is 24.0 Å². The van der Waals surface area contributed by atoms with E-state index in [9.17, 15) is 4.39 Å². The number of fused-ring (bicyclic) bond motifs is 3. The van der Waals surface area contributed by atoms with Crippen molar-refractivity contribution in [2.45, 2.75) is 38.5 Å². The van der Waals surface area contributed by atoms with Crippen LogP contribution in [0.4, 0.5) is 4.39 Å². The van der Waals surface area contributed by atoms with Gasteiger partial charge in [0.1, 0.15) is 17.9 Å². The van der Waals surface area contributed by atoms with Crippen LogP contribution in [-0.4, -0.2) is 26.2 Å². The predicted molar refractivity (Wildman–Crippen MR) is 124 cm³/mol. The molecule has 164 valence electrons. The summed E-state index contributed by atoms with van der Waals surface area (Å²) >= 11 is 6.62. The van der Waals surface area contributed by atoms with Crippen molar-refractivity contribution in [2.75, 3.05) is 6.61 Å². The maximum Gasteiger partial charge on any atom is 0.168 e. The topological polar surface area (TPSA) is 52.3 Å². The Morgan fingerprint density at radius 1 is 1.16 bits per heavy atom. The third-order valence-electron chi connectivity index (χ3n) is 6.60. The fraction of sp³-hybridized carbons (Fsp3) is 0.292. The van der Waals surface area contributed by atoms with Gasteiger partial charge in [-0.05, 0) is 68.0 Å². The first kappa shape index (κ1) is 21.2. The monoisotopic (exact) mass is 470 g/mol. The molecule has 4 aromatic rings. The number of halogens is 3. The van der Waals surface area contributed by atoms with Gasteiger partial charge < -0.3 is 4.74 Å². The smallest absolute Gasteiger partial charge is 0.168 e. The van der Waals surface area contributed by atoms with Crippen molar-refractivity contribution in [3.63, 3.8) is 0 Å². The fourth-order valence-corrected chi connectivity index (χ4v) is 5.28. The van der Waals surface area contributed by atoms with Crippen molar-refractivity contribution in [1.82, 2.24) is 19.6 Å². The number of rotatable bonds is 1. The molecular formula is C24H21Cl2FN4O. The molecule has 1 aliphatic heterocycles. The van der Waals surface area contributed by atoms with E-state index in [1.165, 1.54) is 11.6 Å². The van der Waals surface area contributed by atoms with Crippen molar-refractivity contribution in [2.24, 2.45) is 0 Å². The molecule has 0 radical (unpaired) electrons. The lowest BCUT2D eigenvalue weighted by Gasteiger charge is -2.16. The summed E-state index contributed by atoms with van der Waals surface area (Å²) < 4.78 is 22.7. The van der Waals surface area contributed by atoms with E-state index >= 15 is 0 Å². The number of nitrogens with zero attached hydrogens (tertiary/aromatic N) is 4. The first-order valence-corrected chi connectivity index (χ1v) is 10.9. The summed E-state index contributed by atoms with van der Waals surface area (Å²) in [6, 6.07) is 7.40. The number of pyridine rings is 2. The lowest BCUT2D eigenvalue weighted by Crippen LogP contribution is -2.07. The van der Waals surface area contributed by atoms with Crippen LogP contribution in [-0.2, 0) is 19.3 Å². The molecule has 0 saturated carbocycles. The quantitative estimate of drug-likeness (QED) is 0.367. The molecule has 6 rings (SSSR count). The average Bonchev–Trinajstić information content (AvgIpc) is 3.41. The summed E-state index contributed by atoms with van der Waals surface area (Å²) in [4.78, 5) is 4.29. The summed E-state index contributed by atoms with van der Waals surface area (Å²) in [5.74, 6) is 0.897. The SMILES string of the molecule is Cc1nccc(-c2cc3c(n4cnnc24)CCc2c(F)ccc4c2[C@@H](CC3)CO4)c1Cl.Cl. The summed E-state index contributed by atoms with van der Waals surface area (Å²) in [5.41, 5.74) is 7.56. The summed E-state index contributed by atoms with van der Waals surface area (Å²) in [6.45, 7) is 2.51. The van der Waals surface area contributed by atoms with Crippen LogP contribution in [0, 0.1) is 12.7 Å². The van der Waals surface area contributed by atoms with Gasteiger partial charge in [0.2, 0.25) is 0 Å². The van der Waals surface area contributed by atoms with Crippen molar-refractivity contribution in [1.29, 1.82) is 0 Å². The Bertz CT molecular complexity index is 1350. The molecule has 0 spiro atoms. The molecule has 0 unspecified atom stereocenters. The second kappa shape index (κ2) is 8.01. The summed E-state index contributed by atoms with van der Waals surface area (Å²) in [6.07, 6.45) is 6.59. The highest BCUT2D eigenvalue weighted by atomic mass is 35.5. The Balaban J connectivity index is 0.00000216. The minimum absolute atomic E-state index is 0. The summed E-state index contributed by atoms with van der Waals surface area (Å²) in [5, 5.41) is 9.20. The Morgan fingerprint density at radius 3 is 2.91 bits per heavy atom. The highest BCUT2D eigenvalue weighted by molar-refractivity contribution is 6.34. The van der Waals surface area contributed by atoms with E-state index in [-0.39, 0.29) is 24.1 Å². The standard InChI is InChI=1S/C24H20ClFN4O.ClH/c1-13-23(25)16(8-9-27-13)18-10-14-2-3-15-11-31-21-7-5-19(26)17(22(15)21)4-6-20(14)30-12-28-29-24(18)30;/h5,7-10,12,15H,2-4,6,11H2,1H3;1H/t15-;/m0./s1. The van der Waals surface area contributed by atoms with Gasteiger partial charge in [0.15, 0.2) is 5.65 Å². The zero-order valence-electron chi connectivity index (χ0n) is 17.4. The van der Waals surface area contributed by atoms with Crippen LogP contribution < -0.4 is 4.74 Å². The molecule has 0 bridgehead atoms. The lowest BCUT2D eigenvalue weighted by molar-refractivity contribution is 0.325. The molecule has 1 aliphatic carbocycles. The number of aryl methyl sites for hydroxylation is 3. The molecule has 0 amide bonds. The normalized spacial score (nSPS) is 16.9. The van der Waals surface area contributed by atoms with Crippen molar-refractivity contribution < 1.29 is 9.13 Å². The van der Waals surface area contributed by atoms with Gasteiger partial charge in [-0.25, -0.2) is 4.39 Å². The van der Waals surface area contributed by atoms with Gasteiger partial charge in [0.25, 0.3) is 0 Å². The number of benzene rings is 1. The van der Waals surface area contributed by atoms with Gasteiger partial charge >= 0.3 is 0 Å². The molecule has 1 atom stereocenters. The van der Waals surface area contributed by atoms with Gasteiger partial charge in [-0.1, -0.05) is 11.6 Å². The Hall–Kier alpha value is -2.70. The number of aromatic nitrogens is 4. The molecule has 2 aliphatic rings. The second-order valence-electron chi connectivity index (χ2n) is 8.30. The summed E-state index contributed by atoms with van der Waals surface area (Å²) in [7, 11) is 0. The molecule has 0 saturated heterocycles. The molecule has 5 nitrogen and oxygen atoms in total. The predicted octanol–water partition coefficient (Wildman–Crippen LogP) is 5.52. The van der Waals surface area contributed by atoms with Crippen LogP contribution in [0.25, 0.3) is 16.8 Å². The van der Waals surface area contributed by atoms with Gasteiger partial charge in [-0.15, -0.1) is 22.6 Å². The average molecular weight is 471 g/mol. The highest BCUT2D eigenvalue weighted by Crippen LogP contribution is 2.42. The number of hydrogen-bond donors (Lipinski definition) is 0. The minimum atomic E-state index is -0.145. The minimum Gasteiger partial charge on any atom is -0.493 e. The molecule has 0 N–H and O–H groups in total. The first-order valence-electron chi connectivity index (χ1n) is 10.5. The van der Waals surface area contributed by atoms with Crippen LogP contribution in [0.2, 0.25) is 5.02 Å². The molecule has 0 fully saturated rings. The van der Waals surface area contributed by atoms with E-state index in [0.29, 0.717) is 24.5 Å². The van der Waals surface area contributed by atoms with Gasteiger partial charge in [0, 0.05) is 34.5 Å². The maximum absolute atomic E-state index is 14.8. The molecule has 8 heteroatoms. The van der Waals surface area contributed by atoms with Gasteiger partial charge in [-0.3, -0.25) is 9.38 Å². The zero-order valence-corrected chi connectivity index (χ0v) is 19.0. The second-order valence-corrected chi connectivity index (χ2v) is 8.67. The van der Waals surface area contributed by atoms with Crippen molar-refractivity contribution >= 4 is 29.7 Å². The van der Waals surface area contributed by atoms with Crippen LogP contribution in [0.3, 0.4) is 0 Å². The van der Waals surface area contributed by atoms with E-state index in [1.807, 2.05) is 17.4 Å². The van der Waals surface area contributed by atoms with E-state index < -0.39 is 0 Å².